The van der Waals surface area contributed by atoms with Crippen molar-refractivity contribution in [2.75, 3.05) is 0 Å². The molecule has 19 heavy (non-hydrogen) atoms. The van der Waals surface area contributed by atoms with Crippen molar-refractivity contribution in [2.24, 2.45) is 0 Å². The van der Waals surface area contributed by atoms with Gasteiger partial charge in [0.25, 0.3) is 0 Å². The molecule has 1 aromatic carbocycles. The summed E-state index contributed by atoms with van der Waals surface area (Å²) in [7, 11) is -3.56. The lowest BCUT2D eigenvalue weighted by molar-refractivity contribution is 0.581. The van der Waals surface area contributed by atoms with E-state index in [1.807, 2.05) is 6.07 Å². The molecule has 0 bridgehead atoms. The van der Waals surface area contributed by atoms with Gasteiger partial charge >= 0.3 is 0 Å². The van der Waals surface area contributed by atoms with Crippen LogP contribution in [-0.2, 0) is 16.6 Å². The number of rotatable bonds is 4. The van der Waals surface area contributed by atoms with Gasteiger partial charge in [-0.05, 0) is 42.3 Å². The average molecular weight is 275 g/mol. The second-order valence-corrected chi connectivity index (χ2v) is 5.90. The fraction of sp³-hybridized carbons (Fsp3) is 0.154. The first-order valence-corrected chi connectivity index (χ1v) is 7.13. The van der Waals surface area contributed by atoms with Crippen LogP contribution in [0.3, 0.4) is 0 Å². The third-order valence-electron chi connectivity index (χ3n) is 2.76. The van der Waals surface area contributed by atoms with Crippen molar-refractivity contribution >= 4 is 10.0 Å². The maximum absolute atomic E-state index is 12.1. The Balaban J connectivity index is 2.20. The zero-order valence-electron chi connectivity index (χ0n) is 10.3. The van der Waals surface area contributed by atoms with Crippen LogP contribution in [0, 0.1) is 18.3 Å². The van der Waals surface area contributed by atoms with Crippen LogP contribution in [0.4, 0.5) is 0 Å². The predicted octanol–water partition coefficient (Wildman–Crippen LogP) is 1.67. The smallest absolute Gasteiger partial charge is 0.240 e. The summed E-state index contributed by atoms with van der Waals surface area (Å²) in [6.45, 7) is 1.94. The Morgan fingerprint density at radius 3 is 2.74 bits per heavy atom. The van der Waals surface area contributed by atoms with Gasteiger partial charge in [-0.25, -0.2) is 13.1 Å². The number of nitrogens with zero attached hydrogens (tertiary/aromatic N) is 1. The van der Waals surface area contributed by atoms with Crippen molar-refractivity contribution in [1.29, 1.82) is 5.26 Å². The Labute approximate surface area is 111 Å². The summed E-state index contributed by atoms with van der Waals surface area (Å²) in [5.74, 6) is 0. The molecule has 0 radical (unpaired) electrons. The number of nitriles is 1. The molecule has 1 heterocycles. The summed E-state index contributed by atoms with van der Waals surface area (Å²) < 4.78 is 26.7. The third-order valence-corrected chi connectivity index (χ3v) is 4.16. The quantitative estimate of drug-likeness (QED) is 0.890. The van der Waals surface area contributed by atoms with E-state index in [0.29, 0.717) is 11.1 Å². The highest BCUT2D eigenvalue weighted by atomic mass is 32.2. The van der Waals surface area contributed by atoms with Gasteiger partial charge < -0.3 is 4.98 Å². The summed E-state index contributed by atoms with van der Waals surface area (Å²) in [4.78, 5) is 3.03. The molecular weight excluding hydrogens is 262 g/mol. The van der Waals surface area contributed by atoms with Gasteiger partial charge in [-0.3, -0.25) is 0 Å². The number of nitrogens with one attached hydrogen (secondary N) is 2. The molecule has 2 N–H and O–H groups in total. The third kappa shape index (κ3) is 3.02. The predicted molar refractivity (Wildman–Crippen MR) is 70.7 cm³/mol. The molecule has 1 aromatic heterocycles. The van der Waals surface area contributed by atoms with E-state index in [-0.39, 0.29) is 11.4 Å². The Kier molecular flexibility index (Phi) is 3.69. The van der Waals surface area contributed by atoms with Gasteiger partial charge in [0.2, 0.25) is 10.0 Å². The van der Waals surface area contributed by atoms with Crippen LogP contribution in [0.15, 0.2) is 41.6 Å². The van der Waals surface area contributed by atoms with Crippen molar-refractivity contribution in [3.05, 3.63) is 53.3 Å². The van der Waals surface area contributed by atoms with Crippen LogP contribution in [0.25, 0.3) is 0 Å². The van der Waals surface area contributed by atoms with Gasteiger partial charge in [0.15, 0.2) is 0 Å². The normalized spacial score (nSPS) is 11.2. The number of H-pyrrole nitrogens is 1. The molecule has 2 aromatic rings. The van der Waals surface area contributed by atoms with Crippen molar-refractivity contribution in [1.82, 2.24) is 9.71 Å². The highest BCUT2D eigenvalue weighted by molar-refractivity contribution is 7.89. The van der Waals surface area contributed by atoms with Crippen molar-refractivity contribution in [2.45, 2.75) is 18.4 Å². The largest absolute Gasteiger partial charge is 0.367 e. The number of aromatic amines is 1. The van der Waals surface area contributed by atoms with Crippen LogP contribution in [0.2, 0.25) is 0 Å². The van der Waals surface area contributed by atoms with Gasteiger partial charge in [0.05, 0.1) is 16.5 Å². The Morgan fingerprint density at radius 1 is 1.37 bits per heavy atom. The fourth-order valence-corrected chi connectivity index (χ4v) is 2.76. The Hall–Kier alpha value is -2.10. The first-order valence-electron chi connectivity index (χ1n) is 5.65. The van der Waals surface area contributed by atoms with E-state index in [9.17, 15) is 8.42 Å². The second-order valence-electron chi connectivity index (χ2n) is 4.13. The molecule has 2 rings (SSSR count). The molecule has 6 heteroatoms. The highest BCUT2D eigenvalue weighted by Crippen LogP contribution is 2.15. The molecule has 0 amide bonds. The number of sulfonamides is 1. The molecule has 98 valence electrons. The first-order chi connectivity index (χ1) is 9.03. The molecule has 0 unspecified atom stereocenters. The zero-order valence-corrected chi connectivity index (χ0v) is 11.2. The number of aromatic nitrogens is 1. The van der Waals surface area contributed by atoms with E-state index >= 15 is 0 Å². The van der Waals surface area contributed by atoms with Crippen LogP contribution in [0.5, 0.6) is 0 Å². The fourth-order valence-electron chi connectivity index (χ4n) is 1.66. The summed E-state index contributed by atoms with van der Waals surface area (Å²) in [5, 5.41) is 8.82. The lowest BCUT2D eigenvalue weighted by atomic mass is 10.1. The van der Waals surface area contributed by atoms with Crippen molar-refractivity contribution < 1.29 is 8.42 Å². The molecule has 5 nitrogen and oxygen atoms in total. The molecule has 0 aliphatic carbocycles. The van der Waals surface area contributed by atoms with E-state index in [4.69, 9.17) is 5.26 Å². The van der Waals surface area contributed by atoms with E-state index in [1.54, 1.807) is 25.4 Å². The first kappa shape index (κ1) is 13.3. The lowest BCUT2D eigenvalue weighted by Crippen LogP contribution is -2.23. The summed E-state index contributed by atoms with van der Waals surface area (Å²) in [6.07, 6.45) is 3.46. The summed E-state index contributed by atoms with van der Waals surface area (Å²) >= 11 is 0. The minimum atomic E-state index is -3.56. The molecule has 0 fully saturated rings. The maximum atomic E-state index is 12.1. The van der Waals surface area contributed by atoms with E-state index in [1.165, 1.54) is 18.2 Å². The average Bonchev–Trinajstić information content (AvgIpc) is 2.89. The molecule has 0 aliphatic heterocycles. The van der Waals surface area contributed by atoms with Crippen molar-refractivity contribution in [3.63, 3.8) is 0 Å². The molecule has 0 atom stereocenters. The van der Waals surface area contributed by atoms with Gasteiger partial charge in [-0.2, -0.15) is 5.26 Å². The number of benzene rings is 1. The minimum Gasteiger partial charge on any atom is -0.367 e. The van der Waals surface area contributed by atoms with Crippen LogP contribution in [0.1, 0.15) is 16.7 Å². The van der Waals surface area contributed by atoms with Gasteiger partial charge in [-0.15, -0.1) is 0 Å². The lowest BCUT2D eigenvalue weighted by Gasteiger charge is -2.07. The summed E-state index contributed by atoms with van der Waals surface area (Å²) in [5.41, 5.74) is 1.98. The van der Waals surface area contributed by atoms with E-state index < -0.39 is 10.0 Å². The molecule has 0 saturated carbocycles. The Bertz CT molecular complexity index is 713. The second kappa shape index (κ2) is 5.26. The maximum Gasteiger partial charge on any atom is 0.240 e. The standard InChI is InChI=1S/C13H13N3O2S/c1-10-6-13(3-2-12(10)7-14)19(17,18)16-9-11-4-5-15-8-11/h2-6,8,15-16H,9H2,1H3. The van der Waals surface area contributed by atoms with Crippen LogP contribution < -0.4 is 4.72 Å². The van der Waals surface area contributed by atoms with E-state index in [2.05, 4.69) is 9.71 Å². The molecular formula is C13H13N3O2S. The molecule has 0 aliphatic rings. The van der Waals surface area contributed by atoms with Gasteiger partial charge in [0, 0.05) is 18.9 Å². The van der Waals surface area contributed by atoms with Gasteiger partial charge in [0.1, 0.15) is 0 Å². The summed E-state index contributed by atoms with van der Waals surface area (Å²) in [6, 6.07) is 8.25. The van der Waals surface area contributed by atoms with Crippen LogP contribution >= 0.6 is 0 Å². The van der Waals surface area contributed by atoms with E-state index in [0.717, 1.165) is 5.56 Å². The Morgan fingerprint density at radius 2 is 2.16 bits per heavy atom. The number of hydrogen-bond acceptors (Lipinski definition) is 3. The molecule has 0 saturated heterocycles. The highest BCUT2D eigenvalue weighted by Gasteiger charge is 2.14. The SMILES string of the molecule is Cc1cc(S(=O)(=O)NCc2cc[nH]c2)ccc1C#N. The van der Waals surface area contributed by atoms with Crippen LogP contribution in [-0.4, -0.2) is 13.4 Å². The number of aryl methyl sites for hydroxylation is 1. The van der Waals surface area contributed by atoms with Crippen molar-refractivity contribution in [3.8, 4) is 6.07 Å². The zero-order chi connectivity index (χ0) is 13.9. The number of hydrogen-bond donors (Lipinski definition) is 2. The monoisotopic (exact) mass is 275 g/mol. The topological polar surface area (TPSA) is 85.8 Å². The minimum absolute atomic E-state index is 0.166. The van der Waals surface area contributed by atoms with Gasteiger partial charge in [-0.1, -0.05) is 0 Å². The molecule has 0 spiro atoms.